The number of aromatic nitrogens is 3. The lowest BCUT2D eigenvalue weighted by atomic mass is 9.87. The number of carbonyl (C=O) groups is 1. The monoisotopic (exact) mass is 480 g/mol. The van der Waals surface area contributed by atoms with E-state index in [1.165, 1.54) is 37.3 Å². The van der Waals surface area contributed by atoms with Gasteiger partial charge in [-0.2, -0.15) is 4.98 Å². The Labute approximate surface area is 204 Å². The van der Waals surface area contributed by atoms with E-state index in [2.05, 4.69) is 56.6 Å². The molecule has 1 aromatic carbocycles. The average Bonchev–Trinajstić information content (AvgIpc) is 2.82. The number of pyridine rings is 1. The van der Waals surface area contributed by atoms with Gasteiger partial charge < -0.3 is 20.3 Å². The molecule has 1 amide bonds. The maximum atomic E-state index is 12.8. The molecular weight excluding hydrogens is 452 g/mol. The van der Waals surface area contributed by atoms with Crippen molar-refractivity contribution >= 4 is 34.8 Å². The number of halogens is 1. The van der Waals surface area contributed by atoms with E-state index in [1.54, 1.807) is 12.3 Å². The molecule has 2 aromatic heterocycles. The Hall–Kier alpha value is -3.23. The number of likely N-dealkylation sites (tertiary alicyclic amines) is 1. The van der Waals surface area contributed by atoms with Crippen molar-refractivity contribution in [3.05, 3.63) is 64.1 Å². The second kappa shape index (κ2) is 10.4. The van der Waals surface area contributed by atoms with Gasteiger partial charge in [0.25, 0.3) is 5.91 Å². The number of amides is 1. The summed E-state index contributed by atoms with van der Waals surface area (Å²) < 4.78 is 5.37. The summed E-state index contributed by atoms with van der Waals surface area (Å²) in [6.45, 7) is 6.23. The van der Waals surface area contributed by atoms with Gasteiger partial charge in [-0.05, 0) is 87.6 Å². The number of methoxy groups -OCH3 is 1. The van der Waals surface area contributed by atoms with Crippen LogP contribution < -0.4 is 15.4 Å². The Kier molecular flexibility index (Phi) is 7.29. The quantitative estimate of drug-likeness (QED) is 0.482. The van der Waals surface area contributed by atoms with Gasteiger partial charge >= 0.3 is 0 Å². The van der Waals surface area contributed by atoms with Gasteiger partial charge in [0.15, 0.2) is 5.15 Å². The van der Waals surface area contributed by atoms with Crippen LogP contribution >= 0.6 is 11.6 Å². The third-order valence-corrected chi connectivity index (χ3v) is 6.51. The average molecular weight is 481 g/mol. The van der Waals surface area contributed by atoms with E-state index in [1.807, 2.05) is 13.0 Å². The Morgan fingerprint density at radius 2 is 1.91 bits per heavy atom. The molecule has 3 aromatic rings. The van der Waals surface area contributed by atoms with E-state index in [-0.39, 0.29) is 16.6 Å². The summed E-state index contributed by atoms with van der Waals surface area (Å²) >= 11 is 6.13. The molecule has 1 fully saturated rings. The van der Waals surface area contributed by atoms with Crippen molar-refractivity contribution in [2.45, 2.75) is 32.6 Å². The number of ether oxygens (including phenoxy) is 1. The summed E-state index contributed by atoms with van der Waals surface area (Å²) in [5.74, 6) is 0.666. The third kappa shape index (κ3) is 5.29. The van der Waals surface area contributed by atoms with Gasteiger partial charge in [0.1, 0.15) is 5.56 Å². The molecule has 178 valence electrons. The van der Waals surface area contributed by atoms with Crippen LogP contribution in [0.4, 0.5) is 17.3 Å². The molecule has 3 heterocycles. The minimum absolute atomic E-state index is 0.160. The molecule has 0 spiro atoms. The van der Waals surface area contributed by atoms with Gasteiger partial charge in [0.2, 0.25) is 11.8 Å². The summed E-state index contributed by atoms with van der Waals surface area (Å²) in [6.07, 6.45) is 5.37. The van der Waals surface area contributed by atoms with E-state index in [9.17, 15) is 4.79 Å². The largest absolute Gasteiger partial charge is 0.480 e. The van der Waals surface area contributed by atoms with Gasteiger partial charge in [-0.1, -0.05) is 17.7 Å². The Bertz CT molecular complexity index is 1170. The van der Waals surface area contributed by atoms with Crippen LogP contribution in [0.3, 0.4) is 0 Å². The van der Waals surface area contributed by atoms with Gasteiger partial charge in [-0.25, -0.2) is 9.97 Å². The van der Waals surface area contributed by atoms with E-state index in [0.29, 0.717) is 17.6 Å². The number of hydrogen-bond donors (Lipinski definition) is 2. The number of rotatable bonds is 6. The highest BCUT2D eigenvalue weighted by Gasteiger charge is 2.21. The van der Waals surface area contributed by atoms with Crippen LogP contribution in [0.15, 0.2) is 36.7 Å². The molecule has 0 radical (unpaired) electrons. The lowest BCUT2D eigenvalue weighted by Crippen LogP contribution is -2.29. The van der Waals surface area contributed by atoms with Gasteiger partial charge in [-0.15, -0.1) is 0 Å². The maximum Gasteiger partial charge on any atom is 0.262 e. The number of nitrogens with zero attached hydrogens (tertiary/aromatic N) is 4. The molecule has 8 nitrogen and oxygen atoms in total. The fraction of sp³-hybridized carbons (Fsp3) is 0.360. The fourth-order valence-electron chi connectivity index (χ4n) is 4.25. The van der Waals surface area contributed by atoms with Crippen molar-refractivity contribution in [2.24, 2.45) is 0 Å². The van der Waals surface area contributed by atoms with Crippen molar-refractivity contribution in [1.82, 2.24) is 19.9 Å². The summed E-state index contributed by atoms with van der Waals surface area (Å²) in [4.78, 5) is 27.9. The Balaban J connectivity index is 1.49. The first kappa shape index (κ1) is 23.9. The maximum absolute atomic E-state index is 12.8. The van der Waals surface area contributed by atoms with E-state index >= 15 is 0 Å². The summed E-state index contributed by atoms with van der Waals surface area (Å²) in [7, 11) is 3.64. The number of anilines is 3. The first-order valence-electron chi connectivity index (χ1n) is 11.2. The van der Waals surface area contributed by atoms with Crippen LogP contribution in [-0.4, -0.2) is 53.0 Å². The van der Waals surface area contributed by atoms with Crippen molar-refractivity contribution in [3.8, 4) is 5.88 Å². The second-order valence-electron chi connectivity index (χ2n) is 8.64. The second-order valence-corrected chi connectivity index (χ2v) is 9.00. The molecule has 0 unspecified atom stereocenters. The normalized spacial score (nSPS) is 14.6. The minimum atomic E-state index is -0.431. The third-order valence-electron chi connectivity index (χ3n) is 6.23. The number of carbonyl (C=O) groups excluding carboxylic acids is 1. The zero-order valence-electron chi connectivity index (χ0n) is 19.9. The number of aryl methyl sites for hydroxylation is 2. The van der Waals surface area contributed by atoms with Gasteiger partial charge in [-0.3, -0.25) is 4.79 Å². The van der Waals surface area contributed by atoms with Crippen LogP contribution in [-0.2, 0) is 0 Å². The zero-order chi connectivity index (χ0) is 24.2. The lowest BCUT2D eigenvalue weighted by molar-refractivity contribution is 0.102. The molecule has 1 aliphatic heterocycles. The van der Waals surface area contributed by atoms with Crippen LogP contribution in [0.1, 0.15) is 45.8 Å². The molecule has 1 saturated heterocycles. The van der Waals surface area contributed by atoms with Gasteiger partial charge in [0, 0.05) is 18.1 Å². The van der Waals surface area contributed by atoms with Crippen LogP contribution in [0.5, 0.6) is 5.88 Å². The van der Waals surface area contributed by atoms with Crippen molar-refractivity contribution in [3.63, 3.8) is 0 Å². The van der Waals surface area contributed by atoms with E-state index in [0.717, 1.165) is 24.3 Å². The minimum Gasteiger partial charge on any atom is -0.480 e. The predicted molar refractivity (Wildman–Crippen MR) is 134 cm³/mol. The molecule has 1 aliphatic rings. The standard InChI is InChI=1S/C25H29ClN6O2/c1-15-7-10-27-22(26)21(15)30-23(33)20-14-28-25(31-24(20)34-4)29-18-5-6-19(16(2)13-18)17-8-11-32(3)12-9-17/h5-7,10,13-14,17H,8-9,11-12H2,1-4H3,(H,30,33)(H,28,29,31). The molecule has 0 bridgehead atoms. The lowest BCUT2D eigenvalue weighted by Gasteiger charge is -2.30. The smallest absolute Gasteiger partial charge is 0.262 e. The molecule has 4 rings (SSSR count). The zero-order valence-corrected chi connectivity index (χ0v) is 20.6. The Morgan fingerprint density at radius 3 is 2.59 bits per heavy atom. The predicted octanol–water partition coefficient (Wildman–Crippen LogP) is 4.96. The molecule has 34 heavy (non-hydrogen) atoms. The summed E-state index contributed by atoms with van der Waals surface area (Å²) in [6, 6.07) is 8.11. The van der Waals surface area contributed by atoms with Gasteiger partial charge in [0.05, 0.1) is 12.8 Å². The highest BCUT2D eigenvalue weighted by atomic mass is 35.5. The Morgan fingerprint density at radius 1 is 1.15 bits per heavy atom. The van der Waals surface area contributed by atoms with Crippen molar-refractivity contribution in [2.75, 3.05) is 37.9 Å². The van der Waals surface area contributed by atoms with E-state index < -0.39 is 5.91 Å². The summed E-state index contributed by atoms with van der Waals surface area (Å²) in [5.41, 5.74) is 4.95. The number of hydrogen-bond acceptors (Lipinski definition) is 7. The number of benzene rings is 1. The van der Waals surface area contributed by atoms with E-state index in [4.69, 9.17) is 16.3 Å². The van der Waals surface area contributed by atoms with Crippen LogP contribution in [0, 0.1) is 13.8 Å². The molecular formula is C25H29ClN6O2. The fourth-order valence-corrected chi connectivity index (χ4v) is 4.51. The van der Waals surface area contributed by atoms with Crippen LogP contribution in [0.2, 0.25) is 5.15 Å². The van der Waals surface area contributed by atoms with Crippen molar-refractivity contribution in [1.29, 1.82) is 0 Å². The van der Waals surface area contributed by atoms with Crippen LogP contribution in [0.25, 0.3) is 0 Å². The highest BCUT2D eigenvalue weighted by molar-refractivity contribution is 6.32. The molecule has 2 N–H and O–H groups in total. The molecule has 9 heteroatoms. The summed E-state index contributed by atoms with van der Waals surface area (Å²) in [5, 5.41) is 6.20. The first-order valence-corrected chi connectivity index (χ1v) is 11.6. The SMILES string of the molecule is COc1nc(Nc2ccc(C3CCN(C)CC3)c(C)c2)ncc1C(=O)Nc1c(C)ccnc1Cl. The molecule has 0 saturated carbocycles. The van der Waals surface area contributed by atoms with Crippen molar-refractivity contribution < 1.29 is 9.53 Å². The topological polar surface area (TPSA) is 92.3 Å². The highest BCUT2D eigenvalue weighted by Crippen LogP contribution is 2.32. The number of piperidine rings is 1. The molecule has 0 aliphatic carbocycles. The first-order chi connectivity index (χ1) is 16.4. The number of nitrogens with one attached hydrogen (secondary N) is 2. The molecule has 0 atom stereocenters.